The molecule has 0 spiro atoms. The number of carbonyl (C=O) groups excluding carboxylic acids is 1. The van der Waals surface area contributed by atoms with E-state index in [4.69, 9.17) is 5.11 Å². The van der Waals surface area contributed by atoms with Gasteiger partial charge in [0, 0.05) is 0 Å². The number of benzene rings is 1. The maximum atomic E-state index is 10.2. The van der Waals surface area contributed by atoms with E-state index in [0.717, 1.165) is 0 Å². The molecule has 2 unspecified atom stereocenters. The van der Waals surface area contributed by atoms with Crippen LogP contribution in [-0.2, 0) is 4.79 Å². The molecular weight excluding hydrogens is 172 g/mol. The van der Waals surface area contributed by atoms with Gasteiger partial charge in [0.05, 0.1) is 5.97 Å². The summed E-state index contributed by atoms with van der Waals surface area (Å²) in [6.45, 7) is 0. The topological polar surface area (TPSA) is 80.6 Å². The third-order valence-electron chi connectivity index (χ3n) is 1.68. The number of carboxylic acid groups (broad SMARTS) is 1. The van der Waals surface area contributed by atoms with Crippen molar-refractivity contribution < 1.29 is 20.1 Å². The van der Waals surface area contributed by atoms with Crippen LogP contribution in [0.1, 0.15) is 11.7 Å². The molecular formula is C9H9O4-. The van der Waals surface area contributed by atoms with Crippen LogP contribution < -0.4 is 5.11 Å². The van der Waals surface area contributed by atoms with Crippen molar-refractivity contribution in [1.29, 1.82) is 0 Å². The van der Waals surface area contributed by atoms with E-state index in [2.05, 4.69) is 0 Å². The Morgan fingerprint density at radius 1 is 1.23 bits per heavy atom. The number of aliphatic hydroxyl groups is 2. The average Bonchev–Trinajstić information content (AvgIpc) is 2.17. The Bertz CT molecular complexity index is 283. The Morgan fingerprint density at radius 3 is 2.23 bits per heavy atom. The van der Waals surface area contributed by atoms with Gasteiger partial charge >= 0.3 is 0 Å². The van der Waals surface area contributed by atoms with Crippen molar-refractivity contribution in [2.45, 2.75) is 12.2 Å². The van der Waals surface area contributed by atoms with Crippen LogP contribution in [0.2, 0.25) is 0 Å². The summed E-state index contributed by atoms with van der Waals surface area (Å²) in [6.07, 6.45) is -3.33. The second-order valence-electron chi connectivity index (χ2n) is 2.62. The SMILES string of the molecule is O=C([O-])C(O)C(O)c1ccccc1. The first kappa shape index (κ1) is 9.70. The second kappa shape index (κ2) is 4.02. The first-order valence-electron chi connectivity index (χ1n) is 3.75. The third kappa shape index (κ3) is 2.27. The zero-order valence-electron chi connectivity index (χ0n) is 6.75. The summed E-state index contributed by atoms with van der Waals surface area (Å²) in [5.41, 5.74) is 0.346. The first-order chi connectivity index (χ1) is 6.13. The lowest BCUT2D eigenvalue weighted by Gasteiger charge is -2.18. The molecule has 0 bridgehead atoms. The molecule has 0 aliphatic carbocycles. The Balaban J connectivity index is 2.79. The molecule has 0 aliphatic heterocycles. The number of rotatable bonds is 3. The predicted octanol–water partition coefficient (Wildman–Crippen LogP) is -1.17. The molecule has 1 aromatic rings. The van der Waals surface area contributed by atoms with E-state index < -0.39 is 18.2 Å². The number of hydrogen-bond acceptors (Lipinski definition) is 4. The molecule has 1 aromatic carbocycles. The van der Waals surface area contributed by atoms with Crippen molar-refractivity contribution in [1.82, 2.24) is 0 Å². The summed E-state index contributed by atoms with van der Waals surface area (Å²) in [7, 11) is 0. The van der Waals surface area contributed by atoms with Crippen molar-refractivity contribution >= 4 is 5.97 Å². The van der Waals surface area contributed by atoms with Crippen molar-refractivity contribution in [3.05, 3.63) is 35.9 Å². The van der Waals surface area contributed by atoms with Crippen molar-refractivity contribution in [3.63, 3.8) is 0 Å². The Hall–Kier alpha value is -1.39. The van der Waals surface area contributed by atoms with Gasteiger partial charge in [-0.15, -0.1) is 0 Å². The third-order valence-corrected chi connectivity index (χ3v) is 1.68. The summed E-state index contributed by atoms with van der Waals surface area (Å²) in [5.74, 6) is -1.68. The van der Waals surface area contributed by atoms with Gasteiger partial charge in [0.1, 0.15) is 12.2 Å². The van der Waals surface area contributed by atoms with E-state index >= 15 is 0 Å². The van der Waals surface area contributed by atoms with Crippen LogP contribution in [0.3, 0.4) is 0 Å². The van der Waals surface area contributed by atoms with Crippen LogP contribution in [-0.4, -0.2) is 22.3 Å². The summed E-state index contributed by atoms with van der Waals surface area (Å²) < 4.78 is 0. The quantitative estimate of drug-likeness (QED) is 0.615. The van der Waals surface area contributed by atoms with Crippen LogP contribution in [0, 0.1) is 0 Å². The number of carbonyl (C=O) groups is 1. The van der Waals surface area contributed by atoms with Gasteiger partial charge in [-0.25, -0.2) is 0 Å². The molecule has 1 rings (SSSR count). The van der Waals surface area contributed by atoms with Crippen molar-refractivity contribution in [2.24, 2.45) is 0 Å². The minimum Gasteiger partial charge on any atom is -0.547 e. The van der Waals surface area contributed by atoms with E-state index in [1.807, 2.05) is 0 Å². The zero-order chi connectivity index (χ0) is 9.84. The zero-order valence-corrected chi connectivity index (χ0v) is 6.75. The van der Waals surface area contributed by atoms with E-state index in [-0.39, 0.29) is 0 Å². The maximum absolute atomic E-state index is 10.2. The molecule has 4 heteroatoms. The number of aliphatic carboxylic acids is 1. The predicted molar refractivity (Wildman–Crippen MR) is 42.4 cm³/mol. The van der Waals surface area contributed by atoms with Gasteiger partial charge in [-0.2, -0.15) is 0 Å². The van der Waals surface area contributed by atoms with Crippen LogP contribution in [0.15, 0.2) is 30.3 Å². The van der Waals surface area contributed by atoms with Gasteiger partial charge in [-0.3, -0.25) is 0 Å². The summed E-state index contributed by atoms with van der Waals surface area (Å²) in [6, 6.07) is 8.05. The number of hydrogen-bond donors (Lipinski definition) is 2. The van der Waals surface area contributed by atoms with E-state index in [1.54, 1.807) is 18.2 Å². The molecule has 0 aromatic heterocycles. The summed E-state index contributed by atoms with van der Waals surface area (Å²) in [4.78, 5) is 10.2. The lowest BCUT2D eigenvalue weighted by Crippen LogP contribution is -2.39. The smallest absolute Gasteiger partial charge is 0.123 e. The van der Waals surface area contributed by atoms with E-state index in [9.17, 15) is 15.0 Å². The van der Waals surface area contributed by atoms with Crippen LogP contribution in [0.25, 0.3) is 0 Å². The molecule has 0 saturated heterocycles. The molecule has 0 saturated carbocycles. The normalized spacial score (nSPS) is 14.9. The first-order valence-corrected chi connectivity index (χ1v) is 3.75. The van der Waals surface area contributed by atoms with Gasteiger partial charge in [0.25, 0.3) is 0 Å². The van der Waals surface area contributed by atoms with Crippen LogP contribution >= 0.6 is 0 Å². The molecule has 2 N–H and O–H groups in total. The molecule has 2 atom stereocenters. The van der Waals surface area contributed by atoms with Gasteiger partial charge in [-0.05, 0) is 5.56 Å². The van der Waals surface area contributed by atoms with Gasteiger partial charge < -0.3 is 20.1 Å². The standard InChI is InChI=1S/C9H10O4/c10-7(8(11)9(12)13)6-4-2-1-3-5-6/h1-5,7-8,10-11H,(H,12,13)/p-1. The monoisotopic (exact) mass is 181 g/mol. The minimum atomic E-state index is -1.89. The number of aliphatic hydroxyl groups excluding tert-OH is 2. The summed E-state index contributed by atoms with van der Waals surface area (Å²) in [5, 5.41) is 28.4. The second-order valence-corrected chi connectivity index (χ2v) is 2.62. The lowest BCUT2D eigenvalue weighted by atomic mass is 10.1. The average molecular weight is 181 g/mol. The van der Waals surface area contributed by atoms with Gasteiger partial charge in [0.15, 0.2) is 0 Å². The van der Waals surface area contributed by atoms with E-state index in [0.29, 0.717) is 5.56 Å². The highest BCUT2D eigenvalue weighted by Crippen LogP contribution is 2.15. The minimum absolute atomic E-state index is 0.346. The maximum Gasteiger partial charge on any atom is 0.123 e. The van der Waals surface area contributed by atoms with Crippen LogP contribution in [0.5, 0.6) is 0 Å². The van der Waals surface area contributed by atoms with Crippen molar-refractivity contribution in [2.75, 3.05) is 0 Å². The highest BCUT2D eigenvalue weighted by molar-refractivity contribution is 5.70. The molecule has 0 amide bonds. The summed E-state index contributed by atoms with van der Waals surface area (Å²) >= 11 is 0. The molecule has 0 heterocycles. The van der Waals surface area contributed by atoms with Gasteiger partial charge in [0.2, 0.25) is 0 Å². The fourth-order valence-electron chi connectivity index (χ4n) is 0.961. The van der Waals surface area contributed by atoms with Gasteiger partial charge in [-0.1, -0.05) is 30.3 Å². The molecule has 0 radical (unpaired) electrons. The highest BCUT2D eigenvalue weighted by atomic mass is 16.4. The molecule has 4 nitrogen and oxygen atoms in total. The Labute approximate surface area is 75.1 Å². The molecule has 0 fully saturated rings. The number of carboxylic acids is 1. The molecule has 70 valence electrons. The fraction of sp³-hybridized carbons (Fsp3) is 0.222. The Kier molecular flexibility index (Phi) is 3.00. The highest BCUT2D eigenvalue weighted by Gasteiger charge is 2.18. The fourth-order valence-corrected chi connectivity index (χ4v) is 0.961. The van der Waals surface area contributed by atoms with E-state index in [1.165, 1.54) is 12.1 Å². The molecule has 0 aliphatic rings. The van der Waals surface area contributed by atoms with Crippen LogP contribution in [0.4, 0.5) is 0 Å². The molecule has 13 heavy (non-hydrogen) atoms. The largest absolute Gasteiger partial charge is 0.547 e. The lowest BCUT2D eigenvalue weighted by molar-refractivity contribution is -0.318. The van der Waals surface area contributed by atoms with Crippen molar-refractivity contribution in [3.8, 4) is 0 Å². The Morgan fingerprint density at radius 2 is 1.77 bits per heavy atom.